The Morgan fingerprint density at radius 3 is 2.46 bits per heavy atom. The molecule has 74 valence electrons. The number of nitrogens with two attached hydrogens (primary N) is 1. The Labute approximate surface area is 80.6 Å². The van der Waals surface area contributed by atoms with E-state index < -0.39 is 0 Å². The highest BCUT2D eigenvalue weighted by molar-refractivity contribution is 5.05. The highest BCUT2D eigenvalue weighted by Gasteiger charge is 2.41. The van der Waals surface area contributed by atoms with E-state index in [0.717, 1.165) is 12.5 Å². The summed E-state index contributed by atoms with van der Waals surface area (Å²) >= 11 is 0. The first-order valence-electron chi connectivity index (χ1n) is 5.37. The Hall–Kier alpha value is -0.340. The van der Waals surface area contributed by atoms with Gasteiger partial charge in [-0.15, -0.1) is 0 Å². The zero-order chi connectivity index (χ0) is 9.31. The maximum absolute atomic E-state index is 5.84. The zero-order valence-corrected chi connectivity index (χ0v) is 8.42. The minimum absolute atomic E-state index is 0.205. The van der Waals surface area contributed by atoms with E-state index in [1.807, 2.05) is 0 Å². The van der Waals surface area contributed by atoms with E-state index in [9.17, 15) is 0 Å². The van der Waals surface area contributed by atoms with Gasteiger partial charge in [0.2, 0.25) is 0 Å². The van der Waals surface area contributed by atoms with E-state index in [1.165, 1.54) is 25.7 Å². The average molecular weight is 180 g/mol. The highest BCUT2D eigenvalue weighted by Crippen LogP contribution is 2.39. The number of hydrogen-bond acceptors (Lipinski definition) is 2. The zero-order valence-electron chi connectivity index (χ0n) is 8.42. The lowest BCUT2D eigenvalue weighted by Gasteiger charge is -2.33. The van der Waals surface area contributed by atoms with Crippen LogP contribution in [0.15, 0.2) is 12.2 Å². The summed E-state index contributed by atoms with van der Waals surface area (Å²) in [5.41, 5.74) is 6.05. The number of nitrogens with one attached hydrogen (secondary N) is 1. The summed E-state index contributed by atoms with van der Waals surface area (Å²) in [6.07, 6.45) is 9.62. The SMILES string of the molecule is CC(CN)(NC1CC=CC1)C1CC1. The van der Waals surface area contributed by atoms with Crippen LogP contribution in [0.5, 0.6) is 0 Å². The Balaban J connectivity index is 1.89. The first kappa shape index (κ1) is 9.22. The van der Waals surface area contributed by atoms with E-state index in [4.69, 9.17) is 5.73 Å². The predicted octanol–water partition coefficient (Wildman–Crippen LogP) is 1.42. The Kier molecular flexibility index (Phi) is 2.43. The molecule has 2 heteroatoms. The molecule has 0 aromatic carbocycles. The molecule has 2 aliphatic rings. The van der Waals surface area contributed by atoms with Crippen LogP contribution in [0, 0.1) is 5.92 Å². The van der Waals surface area contributed by atoms with Crippen molar-refractivity contribution in [1.82, 2.24) is 5.32 Å². The summed E-state index contributed by atoms with van der Waals surface area (Å²) in [6.45, 7) is 3.05. The summed E-state index contributed by atoms with van der Waals surface area (Å²) in [5, 5.41) is 3.72. The van der Waals surface area contributed by atoms with Gasteiger partial charge in [0.05, 0.1) is 0 Å². The summed E-state index contributed by atoms with van der Waals surface area (Å²) in [5.74, 6) is 0.832. The third-order valence-electron chi connectivity index (χ3n) is 3.44. The highest BCUT2D eigenvalue weighted by atomic mass is 15.0. The van der Waals surface area contributed by atoms with Gasteiger partial charge >= 0.3 is 0 Å². The van der Waals surface area contributed by atoms with Crippen LogP contribution in [0.2, 0.25) is 0 Å². The Bertz CT molecular complexity index is 200. The molecule has 2 rings (SSSR count). The molecule has 2 aliphatic carbocycles. The van der Waals surface area contributed by atoms with Crippen LogP contribution < -0.4 is 11.1 Å². The number of rotatable bonds is 4. The molecular formula is C11H20N2. The quantitative estimate of drug-likeness (QED) is 0.642. The summed E-state index contributed by atoms with van der Waals surface area (Å²) < 4.78 is 0. The van der Waals surface area contributed by atoms with Crippen molar-refractivity contribution < 1.29 is 0 Å². The second kappa shape index (κ2) is 3.43. The van der Waals surface area contributed by atoms with Crippen LogP contribution in [0.25, 0.3) is 0 Å². The van der Waals surface area contributed by atoms with E-state index in [-0.39, 0.29) is 5.54 Å². The van der Waals surface area contributed by atoms with Gasteiger partial charge in [-0.2, -0.15) is 0 Å². The maximum atomic E-state index is 5.84. The van der Waals surface area contributed by atoms with Gasteiger partial charge in [0, 0.05) is 18.1 Å². The predicted molar refractivity (Wildman–Crippen MR) is 55.5 cm³/mol. The Morgan fingerprint density at radius 1 is 1.38 bits per heavy atom. The van der Waals surface area contributed by atoms with E-state index in [0.29, 0.717) is 6.04 Å². The summed E-state index contributed by atoms with van der Waals surface area (Å²) in [7, 11) is 0. The fourth-order valence-corrected chi connectivity index (χ4v) is 2.27. The second-order valence-corrected chi connectivity index (χ2v) is 4.68. The van der Waals surface area contributed by atoms with Crippen molar-refractivity contribution in [2.24, 2.45) is 11.7 Å². The molecule has 1 fully saturated rings. The van der Waals surface area contributed by atoms with E-state index in [1.54, 1.807) is 0 Å². The van der Waals surface area contributed by atoms with Gasteiger partial charge in [-0.1, -0.05) is 12.2 Å². The van der Waals surface area contributed by atoms with E-state index >= 15 is 0 Å². The third kappa shape index (κ3) is 1.94. The van der Waals surface area contributed by atoms with Crippen LogP contribution in [0.1, 0.15) is 32.6 Å². The first-order valence-corrected chi connectivity index (χ1v) is 5.37. The molecule has 2 nitrogen and oxygen atoms in total. The normalized spacial score (nSPS) is 27.8. The van der Waals surface area contributed by atoms with Crippen molar-refractivity contribution in [3.8, 4) is 0 Å². The first-order chi connectivity index (χ1) is 6.24. The van der Waals surface area contributed by atoms with Crippen LogP contribution in [-0.4, -0.2) is 18.1 Å². The fraction of sp³-hybridized carbons (Fsp3) is 0.818. The minimum atomic E-state index is 0.205. The topological polar surface area (TPSA) is 38.0 Å². The van der Waals surface area contributed by atoms with Gasteiger partial charge in [0.1, 0.15) is 0 Å². The molecule has 0 amide bonds. The molecule has 1 atom stereocenters. The van der Waals surface area contributed by atoms with Crippen molar-refractivity contribution in [2.45, 2.75) is 44.2 Å². The lowest BCUT2D eigenvalue weighted by molar-refractivity contribution is 0.283. The third-order valence-corrected chi connectivity index (χ3v) is 3.44. The van der Waals surface area contributed by atoms with Gasteiger partial charge in [-0.05, 0) is 38.5 Å². The molecule has 13 heavy (non-hydrogen) atoms. The largest absolute Gasteiger partial charge is 0.329 e. The molecular weight excluding hydrogens is 160 g/mol. The molecule has 0 saturated heterocycles. The van der Waals surface area contributed by atoms with Crippen LogP contribution in [-0.2, 0) is 0 Å². The standard InChI is InChI=1S/C11H20N2/c1-11(8-12,9-6-7-9)13-10-4-2-3-5-10/h2-3,9-10,13H,4-8,12H2,1H3. The number of hydrogen-bond donors (Lipinski definition) is 2. The second-order valence-electron chi connectivity index (χ2n) is 4.68. The van der Waals surface area contributed by atoms with Crippen molar-refractivity contribution in [3.63, 3.8) is 0 Å². The molecule has 3 N–H and O–H groups in total. The van der Waals surface area contributed by atoms with Crippen molar-refractivity contribution in [2.75, 3.05) is 6.54 Å². The molecule has 0 radical (unpaired) electrons. The van der Waals surface area contributed by atoms with Gasteiger partial charge < -0.3 is 11.1 Å². The average Bonchev–Trinajstić information content (AvgIpc) is 2.88. The summed E-state index contributed by atoms with van der Waals surface area (Å²) in [6, 6.07) is 0.647. The van der Waals surface area contributed by atoms with Crippen LogP contribution in [0.3, 0.4) is 0 Å². The monoisotopic (exact) mass is 180 g/mol. The molecule has 0 aliphatic heterocycles. The van der Waals surface area contributed by atoms with E-state index in [2.05, 4.69) is 24.4 Å². The van der Waals surface area contributed by atoms with Crippen LogP contribution in [0.4, 0.5) is 0 Å². The van der Waals surface area contributed by atoms with Crippen molar-refractivity contribution in [3.05, 3.63) is 12.2 Å². The fourth-order valence-electron chi connectivity index (χ4n) is 2.27. The van der Waals surface area contributed by atoms with Crippen molar-refractivity contribution in [1.29, 1.82) is 0 Å². The molecule has 1 saturated carbocycles. The lowest BCUT2D eigenvalue weighted by Crippen LogP contribution is -2.54. The van der Waals surface area contributed by atoms with Crippen LogP contribution >= 0.6 is 0 Å². The van der Waals surface area contributed by atoms with Gasteiger partial charge in [-0.25, -0.2) is 0 Å². The molecule has 0 bridgehead atoms. The lowest BCUT2D eigenvalue weighted by atomic mass is 9.94. The molecule has 1 unspecified atom stereocenters. The Morgan fingerprint density at radius 2 is 2.00 bits per heavy atom. The molecule has 0 heterocycles. The minimum Gasteiger partial charge on any atom is -0.329 e. The van der Waals surface area contributed by atoms with Gasteiger partial charge in [-0.3, -0.25) is 0 Å². The van der Waals surface area contributed by atoms with Gasteiger partial charge in [0.25, 0.3) is 0 Å². The maximum Gasteiger partial charge on any atom is 0.0306 e. The van der Waals surface area contributed by atoms with Crippen molar-refractivity contribution >= 4 is 0 Å². The smallest absolute Gasteiger partial charge is 0.0306 e. The molecule has 0 spiro atoms. The molecule has 0 aromatic heterocycles. The summed E-state index contributed by atoms with van der Waals surface area (Å²) in [4.78, 5) is 0. The van der Waals surface area contributed by atoms with Gasteiger partial charge in [0.15, 0.2) is 0 Å². The molecule has 0 aromatic rings.